The Hall–Kier alpha value is -2.42. The van der Waals surface area contributed by atoms with Gasteiger partial charge in [-0.3, -0.25) is 9.69 Å². The number of likely N-dealkylation sites (N-methyl/N-ethyl adjacent to an activating group) is 1. The Balaban J connectivity index is 1.83. The number of benzene rings is 2. The molecule has 0 radical (unpaired) electrons. The highest BCUT2D eigenvalue weighted by Crippen LogP contribution is 2.14. The molecule has 1 unspecified atom stereocenters. The first kappa shape index (κ1) is 20.9. The lowest BCUT2D eigenvalue weighted by Crippen LogP contribution is -2.41. The molecule has 1 atom stereocenters. The molecule has 27 heavy (non-hydrogen) atoms. The van der Waals surface area contributed by atoms with Crippen LogP contribution in [0.5, 0.6) is 5.75 Å². The Morgan fingerprint density at radius 1 is 1.15 bits per heavy atom. The van der Waals surface area contributed by atoms with Gasteiger partial charge in [0.15, 0.2) is 0 Å². The van der Waals surface area contributed by atoms with Crippen LogP contribution in [0.25, 0.3) is 0 Å². The van der Waals surface area contributed by atoms with Crippen molar-refractivity contribution in [2.45, 2.75) is 24.8 Å². The van der Waals surface area contributed by atoms with Crippen molar-refractivity contribution < 1.29 is 17.9 Å². The molecule has 7 nitrogen and oxygen atoms in total. The molecule has 2 rings (SSSR count). The molecule has 8 heteroatoms. The maximum atomic E-state index is 12.4. The zero-order valence-electron chi connectivity index (χ0n) is 15.7. The van der Waals surface area contributed by atoms with E-state index in [2.05, 4.69) is 5.32 Å². The highest BCUT2D eigenvalue weighted by atomic mass is 32.2. The number of rotatable bonds is 8. The standard InChI is InChI=1S/C19H25N3O4S/c1-14-4-8-17(9-5-14)26-13-12-22(3)15(2)19(23)21-16-6-10-18(11-7-16)27(20,24)25/h4-11,15H,12-13H2,1-3H3,(H,21,23)(H2,20,24,25). The number of nitrogens with zero attached hydrogens (tertiary/aromatic N) is 1. The van der Waals surface area contributed by atoms with E-state index in [0.29, 0.717) is 18.8 Å². The Bertz CT molecular complexity index is 865. The van der Waals surface area contributed by atoms with Gasteiger partial charge in [-0.2, -0.15) is 0 Å². The summed E-state index contributed by atoms with van der Waals surface area (Å²) in [5.74, 6) is 0.595. The SMILES string of the molecule is Cc1ccc(OCCN(C)C(C)C(=O)Nc2ccc(S(N)(=O)=O)cc2)cc1. The number of ether oxygens (including phenoxy) is 1. The van der Waals surface area contributed by atoms with E-state index in [1.807, 2.05) is 43.1 Å². The van der Waals surface area contributed by atoms with Crippen molar-refractivity contribution in [3.05, 3.63) is 54.1 Å². The largest absolute Gasteiger partial charge is 0.492 e. The third-order valence-electron chi connectivity index (χ3n) is 4.22. The number of carbonyl (C=O) groups excluding carboxylic acids is 1. The molecule has 0 saturated heterocycles. The Morgan fingerprint density at radius 2 is 1.74 bits per heavy atom. The molecule has 0 spiro atoms. The summed E-state index contributed by atoms with van der Waals surface area (Å²) in [4.78, 5) is 14.2. The zero-order chi connectivity index (χ0) is 20.0. The van der Waals surface area contributed by atoms with Gasteiger partial charge in [0.1, 0.15) is 12.4 Å². The monoisotopic (exact) mass is 391 g/mol. The first-order chi connectivity index (χ1) is 12.7. The number of hydrogen-bond donors (Lipinski definition) is 2. The van der Waals surface area contributed by atoms with Gasteiger partial charge < -0.3 is 10.1 Å². The molecular weight excluding hydrogens is 366 g/mol. The molecule has 2 aromatic carbocycles. The molecule has 0 saturated carbocycles. The summed E-state index contributed by atoms with van der Waals surface area (Å²) in [6.45, 7) is 4.84. The van der Waals surface area contributed by atoms with Crippen LogP contribution in [-0.2, 0) is 14.8 Å². The molecule has 3 N–H and O–H groups in total. The summed E-state index contributed by atoms with van der Waals surface area (Å²) in [6.07, 6.45) is 0. The number of amides is 1. The summed E-state index contributed by atoms with van der Waals surface area (Å²) in [5, 5.41) is 7.82. The van der Waals surface area contributed by atoms with Gasteiger partial charge in [-0.25, -0.2) is 13.6 Å². The highest BCUT2D eigenvalue weighted by molar-refractivity contribution is 7.89. The average molecular weight is 391 g/mol. The third-order valence-corrected chi connectivity index (χ3v) is 5.15. The van der Waals surface area contributed by atoms with Crippen molar-refractivity contribution in [1.29, 1.82) is 0 Å². The van der Waals surface area contributed by atoms with Gasteiger partial charge in [0, 0.05) is 12.2 Å². The van der Waals surface area contributed by atoms with Crippen molar-refractivity contribution >= 4 is 21.6 Å². The average Bonchev–Trinajstić information content (AvgIpc) is 2.62. The maximum absolute atomic E-state index is 12.4. The molecule has 0 fully saturated rings. The molecular formula is C19H25N3O4S. The van der Waals surface area contributed by atoms with Crippen LogP contribution in [0.3, 0.4) is 0 Å². The predicted molar refractivity (Wildman–Crippen MR) is 105 cm³/mol. The summed E-state index contributed by atoms with van der Waals surface area (Å²) < 4.78 is 28.2. The lowest BCUT2D eigenvalue weighted by molar-refractivity contribution is -0.120. The van der Waals surface area contributed by atoms with Crippen LogP contribution in [0.1, 0.15) is 12.5 Å². The first-order valence-electron chi connectivity index (χ1n) is 8.50. The van der Waals surface area contributed by atoms with Crippen LogP contribution in [-0.4, -0.2) is 45.5 Å². The number of sulfonamides is 1. The van der Waals surface area contributed by atoms with Crippen LogP contribution in [0, 0.1) is 6.92 Å². The van der Waals surface area contributed by atoms with Crippen molar-refractivity contribution in [2.24, 2.45) is 5.14 Å². The van der Waals surface area contributed by atoms with E-state index in [-0.39, 0.29) is 16.8 Å². The van der Waals surface area contributed by atoms with Crippen LogP contribution in [0.2, 0.25) is 0 Å². The van der Waals surface area contributed by atoms with Gasteiger partial charge in [0.25, 0.3) is 0 Å². The normalized spacial score (nSPS) is 12.6. The Labute approximate surface area is 160 Å². The number of aryl methyl sites for hydroxylation is 1. The second-order valence-corrected chi connectivity index (χ2v) is 7.94. The summed E-state index contributed by atoms with van der Waals surface area (Å²) in [6, 6.07) is 13.1. The second kappa shape index (κ2) is 8.98. The fourth-order valence-corrected chi connectivity index (χ4v) is 2.83. The molecule has 1 amide bonds. The van der Waals surface area contributed by atoms with Crippen molar-refractivity contribution in [2.75, 3.05) is 25.5 Å². The van der Waals surface area contributed by atoms with Crippen molar-refractivity contribution in [1.82, 2.24) is 4.90 Å². The third kappa shape index (κ3) is 6.35. The fourth-order valence-electron chi connectivity index (χ4n) is 2.31. The predicted octanol–water partition coefficient (Wildman–Crippen LogP) is 1.98. The van der Waals surface area contributed by atoms with Crippen LogP contribution in [0.15, 0.2) is 53.4 Å². The second-order valence-electron chi connectivity index (χ2n) is 6.38. The van der Waals surface area contributed by atoms with Gasteiger partial charge in [-0.1, -0.05) is 17.7 Å². The number of primary sulfonamides is 1. The molecule has 0 aliphatic heterocycles. The van der Waals surface area contributed by atoms with E-state index in [1.54, 1.807) is 6.92 Å². The topological polar surface area (TPSA) is 102 Å². The number of hydrogen-bond acceptors (Lipinski definition) is 5. The van der Waals surface area contributed by atoms with Gasteiger partial charge in [-0.05, 0) is 57.3 Å². The van der Waals surface area contributed by atoms with Crippen molar-refractivity contribution in [3.8, 4) is 5.75 Å². The smallest absolute Gasteiger partial charge is 0.241 e. The molecule has 146 valence electrons. The van der Waals surface area contributed by atoms with Gasteiger partial charge >= 0.3 is 0 Å². The lowest BCUT2D eigenvalue weighted by atomic mass is 10.2. The van der Waals surface area contributed by atoms with E-state index in [4.69, 9.17) is 9.88 Å². The van der Waals surface area contributed by atoms with Crippen molar-refractivity contribution in [3.63, 3.8) is 0 Å². The maximum Gasteiger partial charge on any atom is 0.241 e. The Kier molecular flexibility index (Phi) is 6.95. The lowest BCUT2D eigenvalue weighted by Gasteiger charge is -2.24. The van der Waals surface area contributed by atoms with Gasteiger partial charge in [0.05, 0.1) is 10.9 Å². The fraction of sp³-hybridized carbons (Fsp3) is 0.316. The number of nitrogens with two attached hydrogens (primary N) is 1. The summed E-state index contributed by atoms with van der Waals surface area (Å²) >= 11 is 0. The highest BCUT2D eigenvalue weighted by Gasteiger charge is 2.18. The van der Waals surface area contributed by atoms with E-state index in [9.17, 15) is 13.2 Å². The molecule has 0 bridgehead atoms. The summed E-state index contributed by atoms with van der Waals surface area (Å²) in [5.41, 5.74) is 1.67. The number of nitrogens with one attached hydrogen (secondary N) is 1. The molecule has 0 aromatic heterocycles. The minimum Gasteiger partial charge on any atom is -0.492 e. The number of anilines is 1. The zero-order valence-corrected chi connectivity index (χ0v) is 16.5. The molecule has 0 aliphatic carbocycles. The first-order valence-corrected chi connectivity index (χ1v) is 10.0. The van der Waals surface area contributed by atoms with Gasteiger partial charge in [-0.15, -0.1) is 0 Å². The van der Waals surface area contributed by atoms with E-state index in [1.165, 1.54) is 29.8 Å². The molecule has 0 aliphatic rings. The number of carbonyl (C=O) groups is 1. The van der Waals surface area contributed by atoms with Crippen LogP contribution >= 0.6 is 0 Å². The van der Waals surface area contributed by atoms with Crippen LogP contribution in [0.4, 0.5) is 5.69 Å². The van der Waals surface area contributed by atoms with E-state index in [0.717, 1.165) is 5.75 Å². The minimum atomic E-state index is -3.75. The Morgan fingerprint density at radius 3 is 2.30 bits per heavy atom. The minimum absolute atomic E-state index is 0.00100. The summed E-state index contributed by atoms with van der Waals surface area (Å²) in [7, 11) is -1.91. The molecule has 0 heterocycles. The van der Waals surface area contributed by atoms with E-state index < -0.39 is 10.0 Å². The van der Waals surface area contributed by atoms with E-state index >= 15 is 0 Å². The quantitative estimate of drug-likeness (QED) is 0.716. The van der Waals surface area contributed by atoms with Crippen LogP contribution < -0.4 is 15.2 Å². The van der Waals surface area contributed by atoms with Gasteiger partial charge in [0.2, 0.25) is 15.9 Å². The molecule has 2 aromatic rings.